The van der Waals surface area contributed by atoms with Crippen LogP contribution >= 0.6 is 0 Å². The highest BCUT2D eigenvalue weighted by Gasteiger charge is 2.53. The van der Waals surface area contributed by atoms with E-state index < -0.39 is 18.3 Å². The van der Waals surface area contributed by atoms with Crippen molar-refractivity contribution in [1.29, 1.82) is 0 Å². The molecule has 0 amide bonds. The van der Waals surface area contributed by atoms with Gasteiger partial charge in [-0.2, -0.15) is 0 Å². The molecule has 0 radical (unpaired) electrons. The van der Waals surface area contributed by atoms with Crippen LogP contribution in [0.4, 0.5) is 11.4 Å². The molecule has 0 aromatic heterocycles. The van der Waals surface area contributed by atoms with Crippen molar-refractivity contribution in [3.05, 3.63) is 103 Å². The fraction of sp³-hybridized carbons (Fsp3) is 0.200. The van der Waals surface area contributed by atoms with E-state index in [1.807, 2.05) is 30.3 Å². The maximum absolute atomic E-state index is 6.57. The van der Waals surface area contributed by atoms with Gasteiger partial charge < -0.3 is 14.6 Å². The number of rotatable bonds is 5. The quantitative estimate of drug-likeness (QED) is 0.332. The lowest BCUT2D eigenvalue weighted by atomic mass is 9.72. The van der Waals surface area contributed by atoms with Crippen LogP contribution in [-0.2, 0) is 9.31 Å². The molecule has 34 heavy (non-hydrogen) atoms. The first-order chi connectivity index (χ1) is 16.3. The van der Waals surface area contributed by atoms with E-state index in [1.165, 1.54) is 0 Å². The van der Waals surface area contributed by atoms with Crippen LogP contribution in [0.2, 0.25) is 0 Å². The minimum absolute atomic E-state index is 0.437. The van der Waals surface area contributed by atoms with E-state index in [-0.39, 0.29) is 0 Å². The predicted molar refractivity (Wildman–Crippen MR) is 143 cm³/mol. The lowest BCUT2D eigenvalue weighted by molar-refractivity contribution is 0.00578. The summed E-state index contributed by atoms with van der Waals surface area (Å²) in [6, 6.07) is 35.7. The molecule has 0 aliphatic carbocycles. The second kappa shape index (κ2) is 8.79. The van der Waals surface area contributed by atoms with Gasteiger partial charge in [0.15, 0.2) is 0 Å². The molecule has 0 saturated carbocycles. The van der Waals surface area contributed by atoms with E-state index >= 15 is 0 Å². The molecule has 1 N–H and O–H groups in total. The highest BCUT2D eigenvalue weighted by Crippen LogP contribution is 2.39. The van der Waals surface area contributed by atoms with E-state index in [0.717, 1.165) is 39.1 Å². The Morgan fingerprint density at radius 3 is 1.65 bits per heavy atom. The fourth-order valence-electron chi connectivity index (χ4n) is 4.30. The van der Waals surface area contributed by atoms with Gasteiger partial charge in [-0.05, 0) is 74.2 Å². The Bertz CT molecular complexity index is 1260. The number of anilines is 2. The topological polar surface area (TPSA) is 30.5 Å². The average Bonchev–Trinajstić information content (AvgIpc) is 3.06. The van der Waals surface area contributed by atoms with E-state index in [4.69, 9.17) is 9.31 Å². The molecule has 4 aromatic rings. The largest absolute Gasteiger partial charge is 0.497 e. The number of benzene rings is 4. The first-order valence-corrected chi connectivity index (χ1v) is 11.8. The molecule has 4 heteroatoms. The van der Waals surface area contributed by atoms with Crippen LogP contribution in [0, 0.1) is 0 Å². The van der Waals surface area contributed by atoms with Crippen LogP contribution in [0.1, 0.15) is 27.7 Å². The molecule has 0 atom stereocenters. The van der Waals surface area contributed by atoms with Crippen molar-refractivity contribution in [2.75, 3.05) is 5.32 Å². The average molecular weight is 447 g/mol. The summed E-state index contributed by atoms with van der Waals surface area (Å²) in [6.07, 6.45) is 0. The Kier molecular flexibility index (Phi) is 5.80. The molecule has 3 nitrogen and oxygen atoms in total. The predicted octanol–water partition coefficient (Wildman–Crippen LogP) is 7.06. The van der Waals surface area contributed by atoms with Crippen molar-refractivity contribution in [2.45, 2.75) is 38.9 Å². The molecule has 170 valence electrons. The third kappa shape index (κ3) is 4.27. The molecule has 4 aromatic carbocycles. The molecule has 0 unspecified atom stereocenters. The Morgan fingerprint density at radius 1 is 0.588 bits per heavy atom. The minimum atomic E-state index is -0.503. The summed E-state index contributed by atoms with van der Waals surface area (Å²) in [5.41, 5.74) is 6.65. The summed E-state index contributed by atoms with van der Waals surface area (Å²) in [7, 11) is -0.503. The first-order valence-electron chi connectivity index (χ1n) is 11.8. The highest BCUT2D eigenvalue weighted by atomic mass is 16.7. The van der Waals surface area contributed by atoms with Crippen LogP contribution in [0.15, 0.2) is 103 Å². The summed E-state index contributed by atoms with van der Waals surface area (Å²) < 4.78 is 13.1. The van der Waals surface area contributed by atoms with Gasteiger partial charge in [-0.25, -0.2) is 0 Å². The van der Waals surface area contributed by atoms with Gasteiger partial charge in [-0.3, -0.25) is 0 Å². The lowest BCUT2D eigenvalue weighted by Crippen LogP contribution is -2.41. The molecule has 1 aliphatic rings. The number of hydrogen-bond donors (Lipinski definition) is 1. The second-order valence-electron chi connectivity index (χ2n) is 9.80. The molecular formula is C30H30BNO2. The van der Waals surface area contributed by atoms with Crippen molar-refractivity contribution >= 4 is 24.0 Å². The monoisotopic (exact) mass is 447 g/mol. The Balaban J connectivity index is 1.75. The van der Waals surface area contributed by atoms with Gasteiger partial charge >= 0.3 is 7.12 Å². The van der Waals surface area contributed by atoms with Crippen molar-refractivity contribution in [1.82, 2.24) is 0 Å². The zero-order valence-electron chi connectivity index (χ0n) is 20.2. The van der Waals surface area contributed by atoms with Gasteiger partial charge in [0.25, 0.3) is 0 Å². The third-order valence-electron chi connectivity index (χ3n) is 6.91. The smallest absolute Gasteiger partial charge is 0.399 e. The van der Waals surface area contributed by atoms with Gasteiger partial charge in [-0.15, -0.1) is 0 Å². The maximum Gasteiger partial charge on any atom is 0.497 e. The SMILES string of the molecule is CC1(C)OB(c2c(Nc3ccccc3)cc(-c3ccccc3)cc2-c2ccccc2)OC1(C)C. The molecule has 1 fully saturated rings. The Hall–Kier alpha value is -3.34. The summed E-state index contributed by atoms with van der Waals surface area (Å²) in [5, 5.41) is 3.66. The van der Waals surface area contributed by atoms with Crippen LogP contribution in [-0.4, -0.2) is 18.3 Å². The first kappa shape index (κ1) is 22.5. The second-order valence-corrected chi connectivity index (χ2v) is 9.80. The van der Waals surface area contributed by atoms with E-state index in [2.05, 4.69) is 106 Å². The summed E-state index contributed by atoms with van der Waals surface area (Å²) in [5.74, 6) is 0. The lowest BCUT2D eigenvalue weighted by Gasteiger charge is -2.32. The van der Waals surface area contributed by atoms with Crippen molar-refractivity contribution in [3.63, 3.8) is 0 Å². The standard InChI is InChI=1S/C30H30BNO2/c1-29(2)30(3,4)34-31(33-29)28-26(23-16-10-6-11-17-23)20-24(22-14-8-5-9-15-22)21-27(28)32-25-18-12-7-13-19-25/h5-21,32H,1-4H3. The van der Waals surface area contributed by atoms with Gasteiger partial charge in [0, 0.05) is 16.8 Å². The van der Waals surface area contributed by atoms with E-state index in [0.29, 0.717) is 0 Å². The van der Waals surface area contributed by atoms with Gasteiger partial charge in [0.05, 0.1) is 11.2 Å². The zero-order valence-corrected chi connectivity index (χ0v) is 20.2. The maximum atomic E-state index is 6.57. The van der Waals surface area contributed by atoms with E-state index in [9.17, 15) is 0 Å². The number of hydrogen-bond acceptors (Lipinski definition) is 3. The zero-order chi connectivity index (χ0) is 23.8. The summed E-state index contributed by atoms with van der Waals surface area (Å²) in [4.78, 5) is 0. The summed E-state index contributed by atoms with van der Waals surface area (Å²) in [6.45, 7) is 8.38. The molecule has 1 heterocycles. The van der Waals surface area contributed by atoms with E-state index in [1.54, 1.807) is 0 Å². The van der Waals surface area contributed by atoms with Crippen molar-refractivity contribution in [3.8, 4) is 22.3 Å². The van der Waals surface area contributed by atoms with Gasteiger partial charge in [0.1, 0.15) is 0 Å². The molecule has 0 bridgehead atoms. The molecule has 1 aliphatic heterocycles. The highest BCUT2D eigenvalue weighted by molar-refractivity contribution is 6.66. The van der Waals surface area contributed by atoms with Crippen molar-refractivity contribution < 1.29 is 9.31 Å². The van der Waals surface area contributed by atoms with Crippen LogP contribution < -0.4 is 10.8 Å². The number of para-hydroxylation sites is 1. The minimum Gasteiger partial charge on any atom is -0.399 e. The fourth-order valence-corrected chi connectivity index (χ4v) is 4.30. The Labute approximate surface area is 202 Å². The molecule has 1 saturated heterocycles. The third-order valence-corrected chi connectivity index (χ3v) is 6.91. The Morgan fingerprint density at radius 2 is 1.09 bits per heavy atom. The number of nitrogens with one attached hydrogen (secondary N) is 1. The van der Waals surface area contributed by atoms with Crippen LogP contribution in [0.3, 0.4) is 0 Å². The van der Waals surface area contributed by atoms with Crippen LogP contribution in [0.25, 0.3) is 22.3 Å². The van der Waals surface area contributed by atoms with Crippen LogP contribution in [0.5, 0.6) is 0 Å². The van der Waals surface area contributed by atoms with Crippen molar-refractivity contribution in [2.24, 2.45) is 0 Å². The molecule has 0 spiro atoms. The molecule has 5 rings (SSSR count). The normalized spacial score (nSPS) is 16.4. The van der Waals surface area contributed by atoms with Gasteiger partial charge in [0.2, 0.25) is 0 Å². The summed E-state index contributed by atoms with van der Waals surface area (Å²) >= 11 is 0. The van der Waals surface area contributed by atoms with Gasteiger partial charge in [-0.1, -0.05) is 78.9 Å². The molecular weight excluding hydrogens is 417 g/mol.